The normalized spacial score (nSPS) is 13.7. The zero-order valence-electron chi connectivity index (χ0n) is 8.75. The Bertz CT molecular complexity index is 474. The minimum absolute atomic E-state index is 0.00414. The summed E-state index contributed by atoms with van der Waals surface area (Å²) in [5.74, 6) is 0. The van der Waals surface area contributed by atoms with Gasteiger partial charge in [-0.15, -0.1) is 11.8 Å². The molecule has 0 aliphatic carbocycles. The quantitative estimate of drug-likeness (QED) is 0.537. The summed E-state index contributed by atoms with van der Waals surface area (Å²) < 4.78 is 22.3. The third-order valence-corrected chi connectivity index (χ3v) is 3.78. The molecule has 0 aliphatic heterocycles. The lowest BCUT2D eigenvalue weighted by atomic mass is 10.3. The molecule has 5 N–H and O–H groups in total. The molecular weight excluding hydrogens is 248 g/mol. The third kappa shape index (κ3) is 3.67. The van der Waals surface area contributed by atoms with Crippen molar-refractivity contribution in [3.63, 3.8) is 0 Å². The lowest BCUT2D eigenvalue weighted by Gasteiger charge is -2.09. The fourth-order valence-corrected chi connectivity index (χ4v) is 2.70. The molecule has 5 nitrogen and oxygen atoms in total. The molecule has 0 bridgehead atoms. The Morgan fingerprint density at radius 2 is 2.06 bits per heavy atom. The Kier molecular flexibility index (Phi) is 4.20. The molecule has 0 amide bonds. The summed E-state index contributed by atoms with van der Waals surface area (Å²) in [4.78, 5) is 0.658. The molecule has 7 heteroatoms. The fourth-order valence-electron chi connectivity index (χ4n) is 1.10. The summed E-state index contributed by atoms with van der Waals surface area (Å²) in [6, 6.07) is 4.40. The van der Waals surface area contributed by atoms with Crippen LogP contribution in [-0.2, 0) is 10.0 Å². The van der Waals surface area contributed by atoms with Gasteiger partial charge in [-0.25, -0.2) is 13.6 Å². The van der Waals surface area contributed by atoms with Gasteiger partial charge >= 0.3 is 0 Å². The van der Waals surface area contributed by atoms with Crippen LogP contribution >= 0.6 is 11.8 Å². The van der Waals surface area contributed by atoms with E-state index in [2.05, 4.69) is 0 Å². The van der Waals surface area contributed by atoms with Crippen LogP contribution in [0.2, 0.25) is 0 Å². The maximum Gasteiger partial charge on any atom is 0.238 e. The highest BCUT2D eigenvalue weighted by molar-refractivity contribution is 8.00. The number of hydrogen-bond donors (Lipinski definition) is 3. The molecule has 0 aliphatic rings. The van der Waals surface area contributed by atoms with Crippen molar-refractivity contribution in [1.82, 2.24) is 0 Å². The molecule has 0 saturated carbocycles. The van der Waals surface area contributed by atoms with Crippen molar-refractivity contribution in [3.05, 3.63) is 18.2 Å². The van der Waals surface area contributed by atoms with E-state index in [1.807, 2.05) is 6.92 Å². The second-order valence-corrected chi connectivity index (χ2v) is 6.47. The van der Waals surface area contributed by atoms with Crippen LogP contribution in [0.4, 0.5) is 5.69 Å². The minimum Gasteiger partial charge on any atom is -0.399 e. The monoisotopic (exact) mass is 262 g/mol. The van der Waals surface area contributed by atoms with Gasteiger partial charge in [-0.05, 0) is 18.2 Å². The summed E-state index contributed by atoms with van der Waals surface area (Å²) in [7, 11) is -3.75. The summed E-state index contributed by atoms with van der Waals surface area (Å²) in [6.07, 6.45) is 0. The lowest BCUT2D eigenvalue weighted by Crippen LogP contribution is -2.12. The van der Waals surface area contributed by atoms with Crippen LogP contribution < -0.4 is 10.9 Å². The van der Waals surface area contributed by atoms with Crippen molar-refractivity contribution in [2.75, 3.05) is 12.3 Å². The van der Waals surface area contributed by atoms with E-state index < -0.39 is 10.0 Å². The van der Waals surface area contributed by atoms with Crippen molar-refractivity contribution >= 4 is 27.5 Å². The van der Waals surface area contributed by atoms with Gasteiger partial charge < -0.3 is 10.8 Å². The van der Waals surface area contributed by atoms with E-state index in [-0.39, 0.29) is 16.8 Å². The van der Waals surface area contributed by atoms with Gasteiger partial charge in [0.15, 0.2) is 0 Å². The summed E-state index contributed by atoms with van der Waals surface area (Å²) in [6.45, 7) is 1.83. The van der Waals surface area contributed by atoms with Gasteiger partial charge in [-0.1, -0.05) is 6.92 Å². The first-order valence-electron chi connectivity index (χ1n) is 4.54. The molecule has 0 heterocycles. The number of primary sulfonamides is 1. The number of anilines is 1. The largest absolute Gasteiger partial charge is 0.399 e. The molecule has 1 aromatic carbocycles. The molecule has 0 radical (unpaired) electrons. The van der Waals surface area contributed by atoms with E-state index in [0.717, 1.165) is 0 Å². The van der Waals surface area contributed by atoms with Gasteiger partial charge in [0.1, 0.15) is 0 Å². The zero-order valence-corrected chi connectivity index (χ0v) is 10.4. The number of nitrogens with two attached hydrogens (primary N) is 2. The Hall–Kier alpha value is -0.760. The number of hydrogen-bond acceptors (Lipinski definition) is 5. The van der Waals surface area contributed by atoms with Crippen LogP contribution in [0.15, 0.2) is 28.0 Å². The number of nitrogen functional groups attached to an aromatic ring is 1. The molecule has 1 rings (SSSR count). The first-order chi connectivity index (χ1) is 7.32. The number of benzene rings is 1. The highest BCUT2D eigenvalue weighted by Gasteiger charge is 2.11. The number of rotatable bonds is 4. The first kappa shape index (κ1) is 13.3. The average Bonchev–Trinajstić information content (AvgIpc) is 2.15. The van der Waals surface area contributed by atoms with E-state index in [9.17, 15) is 8.42 Å². The maximum absolute atomic E-state index is 11.2. The standard InChI is InChI=1S/C9H14N2O3S2/c1-6(5-12)15-8-2-7(10)3-9(4-8)16(11,13)14/h2-4,6,12H,5,10H2,1H3,(H2,11,13,14). The molecule has 1 atom stereocenters. The lowest BCUT2D eigenvalue weighted by molar-refractivity contribution is 0.300. The molecule has 0 fully saturated rings. The van der Waals surface area contributed by atoms with Gasteiger partial charge in [-0.3, -0.25) is 0 Å². The van der Waals surface area contributed by atoms with Crippen LogP contribution in [0.3, 0.4) is 0 Å². The van der Waals surface area contributed by atoms with Crippen molar-refractivity contribution < 1.29 is 13.5 Å². The highest BCUT2D eigenvalue weighted by atomic mass is 32.2. The van der Waals surface area contributed by atoms with Crippen molar-refractivity contribution in [3.8, 4) is 0 Å². The Morgan fingerprint density at radius 1 is 1.44 bits per heavy atom. The smallest absolute Gasteiger partial charge is 0.238 e. The van der Waals surface area contributed by atoms with Gasteiger partial charge in [0.2, 0.25) is 10.0 Å². The topological polar surface area (TPSA) is 106 Å². The Balaban J connectivity index is 3.09. The van der Waals surface area contributed by atoms with E-state index >= 15 is 0 Å². The van der Waals surface area contributed by atoms with Crippen molar-refractivity contribution in [1.29, 1.82) is 0 Å². The zero-order chi connectivity index (χ0) is 12.3. The van der Waals surface area contributed by atoms with Gasteiger partial charge in [0.05, 0.1) is 11.5 Å². The van der Waals surface area contributed by atoms with Crippen LogP contribution in [-0.4, -0.2) is 25.4 Å². The number of sulfonamides is 1. The Morgan fingerprint density at radius 3 is 2.56 bits per heavy atom. The van der Waals surface area contributed by atoms with Gasteiger partial charge in [0, 0.05) is 15.8 Å². The molecule has 0 aromatic heterocycles. The van der Waals surface area contributed by atoms with E-state index in [1.54, 1.807) is 6.07 Å². The molecule has 16 heavy (non-hydrogen) atoms. The second kappa shape index (κ2) is 5.05. The van der Waals surface area contributed by atoms with Crippen molar-refractivity contribution in [2.45, 2.75) is 22.0 Å². The summed E-state index contributed by atoms with van der Waals surface area (Å²) >= 11 is 1.34. The molecule has 1 aromatic rings. The van der Waals surface area contributed by atoms with Crippen LogP contribution in [0.25, 0.3) is 0 Å². The molecule has 0 saturated heterocycles. The van der Waals surface area contributed by atoms with Gasteiger partial charge in [0.25, 0.3) is 0 Å². The second-order valence-electron chi connectivity index (χ2n) is 3.39. The predicted octanol–water partition coefficient (Wildman–Crippen LogP) is 0.389. The van der Waals surface area contributed by atoms with E-state index in [4.69, 9.17) is 16.0 Å². The fraction of sp³-hybridized carbons (Fsp3) is 0.333. The summed E-state index contributed by atoms with van der Waals surface area (Å²) in [5, 5.41) is 13.9. The van der Waals surface area contributed by atoms with Gasteiger partial charge in [-0.2, -0.15) is 0 Å². The third-order valence-electron chi connectivity index (χ3n) is 1.83. The number of thioether (sulfide) groups is 1. The molecular formula is C9H14N2O3S2. The number of aliphatic hydroxyl groups is 1. The number of aliphatic hydroxyl groups excluding tert-OH is 1. The molecule has 90 valence electrons. The minimum atomic E-state index is -3.75. The first-order valence-corrected chi connectivity index (χ1v) is 6.96. The average molecular weight is 262 g/mol. The van der Waals surface area contributed by atoms with Crippen LogP contribution in [0.1, 0.15) is 6.92 Å². The van der Waals surface area contributed by atoms with E-state index in [0.29, 0.717) is 10.6 Å². The Labute approximate surface area is 98.9 Å². The molecule has 1 unspecified atom stereocenters. The van der Waals surface area contributed by atoms with Crippen molar-refractivity contribution in [2.24, 2.45) is 5.14 Å². The van der Waals surface area contributed by atoms with Crippen LogP contribution in [0, 0.1) is 0 Å². The maximum atomic E-state index is 11.2. The SMILES string of the molecule is CC(CO)Sc1cc(N)cc(S(N)(=O)=O)c1. The highest BCUT2D eigenvalue weighted by Crippen LogP contribution is 2.27. The summed E-state index contributed by atoms with van der Waals surface area (Å²) in [5.41, 5.74) is 5.91. The molecule has 0 spiro atoms. The van der Waals surface area contributed by atoms with E-state index in [1.165, 1.54) is 23.9 Å². The van der Waals surface area contributed by atoms with Crippen LogP contribution in [0.5, 0.6) is 0 Å². The predicted molar refractivity (Wildman–Crippen MR) is 64.6 cm³/mol.